The molecule has 0 aliphatic heterocycles. The molecule has 0 aliphatic carbocycles. The van der Waals surface area contributed by atoms with Crippen LogP contribution in [0.4, 0.5) is 8.78 Å². The van der Waals surface area contributed by atoms with Crippen molar-refractivity contribution < 1.29 is 13.6 Å². The normalized spacial score (nSPS) is 10.4. The van der Waals surface area contributed by atoms with Crippen LogP contribution in [0.5, 0.6) is 0 Å². The Balaban J connectivity index is 2.60. The lowest BCUT2D eigenvalue weighted by atomic mass is 10.2. The van der Waals surface area contributed by atoms with Crippen LogP contribution >= 0.6 is 15.9 Å². The molecular formula is C10H11BrF2N2O. The molecule has 0 radical (unpaired) electrons. The van der Waals surface area contributed by atoms with Crippen LogP contribution in [0.1, 0.15) is 12.0 Å². The first kappa shape index (κ1) is 13.1. The monoisotopic (exact) mass is 292 g/mol. The molecule has 0 heterocycles. The molecule has 1 aromatic rings. The van der Waals surface area contributed by atoms with Gasteiger partial charge in [-0.25, -0.2) is 8.78 Å². The predicted octanol–water partition coefficient (Wildman–Crippen LogP) is 1.69. The largest absolute Gasteiger partial charge is 0.370 e. The Bertz CT molecular complexity index is 399. The summed E-state index contributed by atoms with van der Waals surface area (Å²) in [6.07, 6.45) is 0.136. The molecule has 0 spiro atoms. The smallest absolute Gasteiger partial charge is 0.218 e. The summed E-state index contributed by atoms with van der Waals surface area (Å²) in [7, 11) is 0. The Morgan fingerprint density at radius 3 is 2.75 bits per heavy atom. The molecule has 0 atom stereocenters. The number of primary amides is 1. The summed E-state index contributed by atoms with van der Waals surface area (Å²) < 4.78 is 26.9. The van der Waals surface area contributed by atoms with Crippen LogP contribution in [-0.2, 0) is 11.3 Å². The molecule has 0 unspecified atom stereocenters. The molecule has 0 saturated heterocycles. The summed E-state index contributed by atoms with van der Waals surface area (Å²) in [4.78, 5) is 10.4. The highest BCUT2D eigenvalue weighted by Crippen LogP contribution is 2.21. The lowest BCUT2D eigenvalue weighted by molar-refractivity contribution is -0.117. The van der Waals surface area contributed by atoms with Gasteiger partial charge in [0.2, 0.25) is 5.91 Å². The summed E-state index contributed by atoms with van der Waals surface area (Å²) >= 11 is 2.97. The summed E-state index contributed by atoms with van der Waals surface area (Å²) in [6, 6.07) is 2.48. The second-order valence-electron chi connectivity index (χ2n) is 3.21. The average Bonchev–Trinajstić information content (AvgIpc) is 2.22. The van der Waals surface area contributed by atoms with Crippen molar-refractivity contribution in [2.24, 2.45) is 5.73 Å². The van der Waals surface area contributed by atoms with Gasteiger partial charge in [-0.1, -0.05) is 0 Å². The molecule has 6 heteroatoms. The fourth-order valence-corrected chi connectivity index (χ4v) is 1.53. The molecule has 0 bridgehead atoms. The molecule has 3 N–H and O–H groups in total. The Hall–Kier alpha value is -1.01. The summed E-state index contributed by atoms with van der Waals surface area (Å²) in [5.74, 6) is -1.71. The number of halogens is 3. The fraction of sp³-hybridized carbons (Fsp3) is 0.300. The lowest BCUT2D eigenvalue weighted by Gasteiger charge is -2.07. The first-order chi connectivity index (χ1) is 7.52. The molecule has 1 amide bonds. The highest BCUT2D eigenvalue weighted by molar-refractivity contribution is 9.10. The van der Waals surface area contributed by atoms with Gasteiger partial charge in [0.15, 0.2) is 0 Å². The van der Waals surface area contributed by atoms with E-state index in [2.05, 4.69) is 21.2 Å². The first-order valence-electron chi connectivity index (χ1n) is 4.63. The van der Waals surface area contributed by atoms with E-state index in [4.69, 9.17) is 5.73 Å². The molecular weight excluding hydrogens is 282 g/mol. The minimum absolute atomic E-state index is 0.0182. The van der Waals surface area contributed by atoms with Crippen LogP contribution in [0.25, 0.3) is 0 Å². The van der Waals surface area contributed by atoms with Crippen molar-refractivity contribution in [3.05, 3.63) is 33.8 Å². The van der Waals surface area contributed by atoms with E-state index in [-0.39, 0.29) is 23.0 Å². The van der Waals surface area contributed by atoms with Crippen molar-refractivity contribution >= 4 is 21.8 Å². The molecule has 88 valence electrons. The van der Waals surface area contributed by atoms with Gasteiger partial charge in [-0.3, -0.25) is 4.79 Å². The zero-order valence-corrected chi connectivity index (χ0v) is 9.98. The standard InChI is InChI=1S/C10H11BrF2N2O/c11-7-1-2-8(12)6(10(7)13)5-15-4-3-9(14)16/h1-2,15H,3-5H2,(H2,14,16). The van der Waals surface area contributed by atoms with Gasteiger partial charge >= 0.3 is 0 Å². The third-order valence-corrected chi connectivity index (χ3v) is 2.60. The molecule has 1 rings (SSSR count). The minimum Gasteiger partial charge on any atom is -0.370 e. The van der Waals surface area contributed by atoms with Crippen LogP contribution < -0.4 is 11.1 Å². The number of hydrogen-bond donors (Lipinski definition) is 2. The molecule has 1 aromatic carbocycles. The van der Waals surface area contributed by atoms with E-state index >= 15 is 0 Å². The number of nitrogens with one attached hydrogen (secondary N) is 1. The number of rotatable bonds is 5. The zero-order valence-electron chi connectivity index (χ0n) is 8.40. The van der Waals surface area contributed by atoms with Crippen LogP contribution in [-0.4, -0.2) is 12.5 Å². The Morgan fingerprint density at radius 1 is 1.44 bits per heavy atom. The maximum Gasteiger partial charge on any atom is 0.218 e. The highest BCUT2D eigenvalue weighted by atomic mass is 79.9. The maximum absolute atomic E-state index is 13.4. The van der Waals surface area contributed by atoms with E-state index in [9.17, 15) is 13.6 Å². The van der Waals surface area contributed by atoms with E-state index < -0.39 is 17.5 Å². The number of amides is 1. The van der Waals surface area contributed by atoms with Crippen LogP contribution in [0.15, 0.2) is 16.6 Å². The van der Waals surface area contributed by atoms with E-state index in [1.165, 1.54) is 12.1 Å². The van der Waals surface area contributed by atoms with Gasteiger partial charge in [-0.2, -0.15) is 0 Å². The highest BCUT2D eigenvalue weighted by Gasteiger charge is 2.11. The van der Waals surface area contributed by atoms with E-state index in [0.717, 1.165) is 0 Å². The number of benzene rings is 1. The van der Waals surface area contributed by atoms with Gasteiger partial charge in [-0.05, 0) is 28.1 Å². The molecule has 3 nitrogen and oxygen atoms in total. The van der Waals surface area contributed by atoms with Crippen LogP contribution in [0.3, 0.4) is 0 Å². The van der Waals surface area contributed by atoms with Crippen molar-refractivity contribution in [3.8, 4) is 0 Å². The van der Waals surface area contributed by atoms with E-state index in [0.29, 0.717) is 6.54 Å². The van der Waals surface area contributed by atoms with E-state index in [1.54, 1.807) is 0 Å². The first-order valence-corrected chi connectivity index (χ1v) is 5.43. The van der Waals surface area contributed by atoms with Crippen LogP contribution in [0, 0.1) is 11.6 Å². The van der Waals surface area contributed by atoms with Crippen molar-refractivity contribution in [1.29, 1.82) is 0 Å². The predicted molar refractivity (Wildman–Crippen MR) is 59.6 cm³/mol. The molecule has 0 fully saturated rings. The van der Waals surface area contributed by atoms with Crippen molar-refractivity contribution in [2.75, 3.05) is 6.54 Å². The van der Waals surface area contributed by atoms with Gasteiger partial charge < -0.3 is 11.1 Å². The average molecular weight is 293 g/mol. The molecule has 16 heavy (non-hydrogen) atoms. The number of carbonyl (C=O) groups excluding carboxylic acids is 1. The lowest BCUT2D eigenvalue weighted by Crippen LogP contribution is -2.22. The Labute approximate surface area is 100 Å². The second-order valence-corrected chi connectivity index (χ2v) is 4.07. The SMILES string of the molecule is NC(=O)CCNCc1c(F)ccc(Br)c1F. The van der Waals surface area contributed by atoms with Gasteiger partial charge in [0, 0.05) is 25.1 Å². The summed E-state index contributed by atoms with van der Waals surface area (Å²) in [5.41, 5.74) is 4.86. The molecule has 0 aromatic heterocycles. The quantitative estimate of drug-likeness (QED) is 0.641. The fourth-order valence-electron chi connectivity index (χ4n) is 1.16. The minimum atomic E-state index is -0.633. The summed E-state index contributed by atoms with van der Waals surface area (Å²) in [5, 5.41) is 2.74. The van der Waals surface area contributed by atoms with Gasteiger partial charge in [0.25, 0.3) is 0 Å². The van der Waals surface area contributed by atoms with Crippen molar-refractivity contribution in [3.63, 3.8) is 0 Å². The maximum atomic E-state index is 13.4. The van der Waals surface area contributed by atoms with Gasteiger partial charge in [-0.15, -0.1) is 0 Å². The number of hydrogen-bond acceptors (Lipinski definition) is 2. The van der Waals surface area contributed by atoms with Crippen molar-refractivity contribution in [2.45, 2.75) is 13.0 Å². The van der Waals surface area contributed by atoms with E-state index in [1.807, 2.05) is 0 Å². The summed E-state index contributed by atoms with van der Waals surface area (Å²) in [6.45, 7) is 0.311. The second kappa shape index (κ2) is 5.91. The van der Waals surface area contributed by atoms with Gasteiger partial charge in [0.05, 0.1) is 4.47 Å². The van der Waals surface area contributed by atoms with Crippen molar-refractivity contribution in [1.82, 2.24) is 5.32 Å². The topological polar surface area (TPSA) is 55.1 Å². The number of carbonyl (C=O) groups is 1. The van der Waals surface area contributed by atoms with Gasteiger partial charge in [0.1, 0.15) is 11.6 Å². The number of nitrogens with two attached hydrogens (primary N) is 1. The Morgan fingerprint density at radius 2 is 2.12 bits per heavy atom. The molecule has 0 saturated carbocycles. The third kappa shape index (κ3) is 3.53. The molecule has 0 aliphatic rings. The Kier molecular flexibility index (Phi) is 4.82. The van der Waals surface area contributed by atoms with Crippen LogP contribution in [0.2, 0.25) is 0 Å². The zero-order chi connectivity index (χ0) is 12.1. The third-order valence-electron chi connectivity index (χ3n) is 1.99.